The average molecular weight is 272 g/mol. The van der Waals surface area contributed by atoms with E-state index in [2.05, 4.69) is 0 Å². The smallest absolute Gasteiger partial charge is 0.347 e. The molecule has 0 aromatic heterocycles. The second kappa shape index (κ2) is 7.11. The second-order valence-corrected chi connectivity index (χ2v) is 4.24. The van der Waals surface area contributed by atoms with Crippen molar-refractivity contribution in [2.45, 2.75) is 32.8 Å². The van der Waals surface area contributed by atoms with Crippen molar-refractivity contribution >= 4 is 23.3 Å². The Labute approximate surface area is 112 Å². The van der Waals surface area contributed by atoms with Crippen LogP contribution in [0.3, 0.4) is 0 Å². The van der Waals surface area contributed by atoms with E-state index in [0.29, 0.717) is 29.5 Å². The van der Waals surface area contributed by atoms with Gasteiger partial charge in [0.1, 0.15) is 5.75 Å². The topological polar surface area (TPSA) is 61.5 Å². The van der Waals surface area contributed by atoms with Crippen LogP contribution >= 0.6 is 11.6 Å². The standard InChI is InChI=1S/C13H18ClNO3/c1-3-5-11(13(16)17-4-2)18-12-8-9(15)6-7-10(12)14/h6-8,11H,3-5,15H2,1-2H3. The lowest BCUT2D eigenvalue weighted by Crippen LogP contribution is -2.29. The van der Waals surface area contributed by atoms with E-state index in [-0.39, 0.29) is 5.97 Å². The normalized spacial score (nSPS) is 11.9. The molecule has 0 amide bonds. The maximum Gasteiger partial charge on any atom is 0.347 e. The molecule has 1 aromatic carbocycles. The van der Waals surface area contributed by atoms with Crippen molar-refractivity contribution in [3.05, 3.63) is 23.2 Å². The van der Waals surface area contributed by atoms with Crippen LogP contribution in [0.2, 0.25) is 5.02 Å². The highest BCUT2D eigenvalue weighted by Gasteiger charge is 2.21. The van der Waals surface area contributed by atoms with Gasteiger partial charge in [-0.3, -0.25) is 0 Å². The predicted molar refractivity (Wildman–Crippen MR) is 71.8 cm³/mol. The number of halogens is 1. The third kappa shape index (κ3) is 4.11. The quantitative estimate of drug-likeness (QED) is 0.638. The van der Waals surface area contributed by atoms with Gasteiger partial charge in [0.25, 0.3) is 0 Å². The SMILES string of the molecule is CCCC(Oc1cc(N)ccc1Cl)C(=O)OCC. The highest BCUT2D eigenvalue weighted by molar-refractivity contribution is 6.32. The van der Waals surface area contributed by atoms with Crippen LogP contribution in [0.5, 0.6) is 5.75 Å². The number of carbonyl (C=O) groups excluding carboxylic acids is 1. The summed E-state index contributed by atoms with van der Waals surface area (Å²) in [6, 6.07) is 4.92. The molecule has 0 aliphatic heterocycles. The lowest BCUT2D eigenvalue weighted by Gasteiger charge is -2.18. The first kappa shape index (κ1) is 14.6. The molecule has 100 valence electrons. The highest BCUT2D eigenvalue weighted by Crippen LogP contribution is 2.28. The third-order valence-electron chi connectivity index (χ3n) is 2.32. The average Bonchev–Trinajstić information content (AvgIpc) is 2.33. The number of nitrogen functional groups attached to an aromatic ring is 1. The van der Waals surface area contributed by atoms with E-state index in [1.165, 1.54) is 0 Å². The Bertz CT molecular complexity index is 409. The van der Waals surface area contributed by atoms with Crippen molar-refractivity contribution in [1.82, 2.24) is 0 Å². The van der Waals surface area contributed by atoms with Gasteiger partial charge in [0, 0.05) is 11.8 Å². The maximum atomic E-state index is 11.7. The monoisotopic (exact) mass is 271 g/mol. The zero-order chi connectivity index (χ0) is 13.5. The fourth-order valence-corrected chi connectivity index (χ4v) is 1.65. The molecule has 0 aliphatic carbocycles. The molecule has 2 N–H and O–H groups in total. The lowest BCUT2D eigenvalue weighted by molar-refractivity contribution is -0.151. The van der Waals surface area contributed by atoms with Crippen molar-refractivity contribution in [1.29, 1.82) is 0 Å². The number of hydrogen-bond acceptors (Lipinski definition) is 4. The van der Waals surface area contributed by atoms with E-state index in [1.54, 1.807) is 25.1 Å². The highest BCUT2D eigenvalue weighted by atomic mass is 35.5. The summed E-state index contributed by atoms with van der Waals surface area (Å²) in [5, 5.41) is 0.426. The van der Waals surface area contributed by atoms with Crippen molar-refractivity contribution in [3.8, 4) is 5.75 Å². The van der Waals surface area contributed by atoms with Crippen LogP contribution in [0.1, 0.15) is 26.7 Å². The molecule has 0 aliphatic rings. The van der Waals surface area contributed by atoms with E-state index in [1.807, 2.05) is 6.92 Å². The molecule has 1 atom stereocenters. The summed E-state index contributed by atoms with van der Waals surface area (Å²) in [7, 11) is 0. The minimum atomic E-state index is -0.644. The van der Waals surface area contributed by atoms with Crippen LogP contribution in [0.25, 0.3) is 0 Å². The van der Waals surface area contributed by atoms with Crippen LogP contribution in [0, 0.1) is 0 Å². The number of esters is 1. The summed E-state index contributed by atoms with van der Waals surface area (Å²) in [5.74, 6) is 0.0287. The number of nitrogens with two attached hydrogens (primary N) is 1. The largest absolute Gasteiger partial charge is 0.477 e. The Balaban J connectivity index is 2.82. The molecule has 0 saturated heterocycles. The summed E-state index contributed by atoms with van der Waals surface area (Å²) in [6.45, 7) is 4.05. The summed E-state index contributed by atoms with van der Waals surface area (Å²) >= 11 is 5.99. The number of carbonyl (C=O) groups is 1. The number of anilines is 1. The molecule has 1 unspecified atom stereocenters. The molecule has 0 heterocycles. The van der Waals surface area contributed by atoms with E-state index in [0.717, 1.165) is 6.42 Å². The first-order valence-electron chi connectivity index (χ1n) is 5.96. The zero-order valence-electron chi connectivity index (χ0n) is 10.6. The molecule has 0 radical (unpaired) electrons. The molecule has 0 spiro atoms. The first-order valence-corrected chi connectivity index (χ1v) is 6.34. The van der Waals surface area contributed by atoms with Gasteiger partial charge in [-0.1, -0.05) is 24.9 Å². The summed E-state index contributed by atoms with van der Waals surface area (Å²) in [5.41, 5.74) is 6.19. The van der Waals surface area contributed by atoms with Gasteiger partial charge in [-0.2, -0.15) is 0 Å². The van der Waals surface area contributed by atoms with Gasteiger partial charge in [-0.25, -0.2) is 4.79 Å². The second-order valence-electron chi connectivity index (χ2n) is 3.84. The molecular weight excluding hydrogens is 254 g/mol. The van der Waals surface area contributed by atoms with Gasteiger partial charge in [-0.05, 0) is 25.5 Å². The molecule has 0 saturated carbocycles. The van der Waals surface area contributed by atoms with Crippen LogP contribution < -0.4 is 10.5 Å². The van der Waals surface area contributed by atoms with Crippen molar-refractivity contribution < 1.29 is 14.3 Å². The van der Waals surface area contributed by atoms with Crippen molar-refractivity contribution in [3.63, 3.8) is 0 Å². The van der Waals surface area contributed by atoms with Gasteiger partial charge in [0.15, 0.2) is 6.10 Å². The predicted octanol–water partition coefficient (Wildman–Crippen LogP) is 3.03. The Morgan fingerprint density at radius 1 is 1.44 bits per heavy atom. The summed E-state index contributed by atoms with van der Waals surface area (Å²) in [6.07, 6.45) is 0.738. The minimum absolute atomic E-state index is 0.326. The van der Waals surface area contributed by atoms with Gasteiger partial charge < -0.3 is 15.2 Å². The van der Waals surface area contributed by atoms with Crippen LogP contribution in [-0.4, -0.2) is 18.7 Å². The van der Waals surface area contributed by atoms with Crippen molar-refractivity contribution in [2.24, 2.45) is 0 Å². The van der Waals surface area contributed by atoms with Gasteiger partial charge >= 0.3 is 5.97 Å². The van der Waals surface area contributed by atoms with Gasteiger partial charge in [0.2, 0.25) is 0 Å². The third-order valence-corrected chi connectivity index (χ3v) is 2.64. The Morgan fingerprint density at radius 3 is 2.78 bits per heavy atom. The fraction of sp³-hybridized carbons (Fsp3) is 0.462. The molecular formula is C13H18ClNO3. The number of hydrogen-bond donors (Lipinski definition) is 1. The zero-order valence-corrected chi connectivity index (χ0v) is 11.4. The number of benzene rings is 1. The number of ether oxygens (including phenoxy) is 2. The lowest BCUT2D eigenvalue weighted by atomic mass is 10.2. The maximum absolute atomic E-state index is 11.7. The Hall–Kier alpha value is -1.42. The van der Waals surface area contributed by atoms with Gasteiger partial charge in [-0.15, -0.1) is 0 Å². The van der Waals surface area contributed by atoms with Crippen LogP contribution in [0.4, 0.5) is 5.69 Å². The fourth-order valence-electron chi connectivity index (χ4n) is 1.49. The number of rotatable bonds is 6. The minimum Gasteiger partial charge on any atom is -0.477 e. The van der Waals surface area contributed by atoms with E-state index >= 15 is 0 Å². The molecule has 0 fully saturated rings. The van der Waals surface area contributed by atoms with Crippen LogP contribution in [-0.2, 0) is 9.53 Å². The van der Waals surface area contributed by atoms with Gasteiger partial charge in [0.05, 0.1) is 11.6 Å². The molecule has 1 rings (SSSR count). The molecule has 18 heavy (non-hydrogen) atoms. The molecule has 5 heteroatoms. The molecule has 0 bridgehead atoms. The first-order chi connectivity index (χ1) is 8.58. The molecule has 4 nitrogen and oxygen atoms in total. The van der Waals surface area contributed by atoms with Crippen molar-refractivity contribution in [2.75, 3.05) is 12.3 Å². The van der Waals surface area contributed by atoms with E-state index < -0.39 is 6.10 Å². The van der Waals surface area contributed by atoms with E-state index in [9.17, 15) is 4.79 Å². The molecule has 1 aromatic rings. The van der Waals surface area contributed by atoms with Crippen LogP contribution in [0.15, 0.2) is 18.2 Å². The summed E-state index contributed by atoms with van der Waals surface area (Å²) in [4.78, 5) is 11.7. The Morgan fingerprint density at radius 2 is 2.17 bits per heavy atom. The van der Waals surface area contributed by atoms with E-state index in [4.69, 9.17) is 26.8 Å². The Kier molecular flexibility index (Phi) is 5.78. The summed E-state index contributed by atoms with van der Waals surface area (Å²) < 4.78 is 10.6.